The van der Waals surface area contributed by atoms with Crippen molar-refractivity contribution in [1.29, 1.82) is 0 Å². The van der Waals surface area contributed by atoms with Gasteiger partial charge in [0.1, 0.15) is 0 Å². The predicted octanol–water partition coefficient (Wildman–Crippen LogP) is 5.87. The average molecular weight is 225 g/mol. The van der Waals surface area contributed by atoms with Gasteiger partial charge in [-0.1, -0.05) is 73.1 Å². The maximum Gasteiger partial charge on any atom is -0.0351 e. The normalized spacial score (nSPS) is 14.4. The molecule has 1 unspecified atom stereocenters. The van der Waals surface area contributed by atoms with Gasteiger partial charge in [-0.15, -0.1) is 0 Å². The lowest BCUT2D eigenvalue weighted by Gasteiger charge is -2.22. The number of hydrogen-bond donors (Lipinski definition) is 0. The first-order valence-electron chi connectivity index (χ1n) is 7.16. The van der Waals surface area contributed by atoms with Crippen molar-refractivity contribution in [3.05, 3.63) is 6.92 Å². The summed E-state index contributed by atoms with van der Waals surface area (Å²) in [6.45, 7) is 15.7. The molecule has 0 rings (SSSR count). The highest BCUT2D eigenvalue weighted by Crippen LogP contribution is 2.26. The predicted molar refractivity (Wildman–Crippen MR) is 75.5 cm³/mol. The van der Waals surface area contributed by atoms with Gasteiger partial charge in [0.15, 0.2) is 0 Å². The molecule has 0 aromatic rings. The molecule has 0 spiro atoms. The summed E-state index contributed by atoms with van der Waals surface area (Å²) in [6, 6.07) is 0. The lowest BCUT2D eigenvalue weighted by Crippen LogP contribution is -2.11. The molecule has 0 bridgehead atoms. The monoisotopic (exact) mass is 225 g/mol. The summed E-state index contributed by atoms with van der Waals surface area (Å²) in [6.07, 6.45) is 9.75. The molecule has 0 fully saturated rings. The summed E-state index contributed by atoms with van der Waals surface area (Å²) >= 11 is 0. The minimum absolute atomic E-state index is 0.261. The minimum atomic E-state index is 0.261. The van der Waals surface area contributed by atoms with Crippen molar-refractivity contribution >= 4 is 0 Å². The summed E-state index contributed by atoms with van der Waals surface area (Å²) in [4.78, 5) is 0. The SMILES string of the molecule is [CH2]C(C)(C)CC(C)CCCCCCC(C)C. The van der Waals surface area contributed by atoms with Crippen LogP contribution in [-0.4, -0.2) is 0 Å². The van der Waals surface area contributed by atoms with Crippen molar-refractivity contribution < 1.29 is 0 Å². The zero-order valence-electron chi connectivity index (χ0n) is 12.3. The van der Waals surface area contributed by atoms with Crippen LogP contribution in [0.25, 0.3) is 0 Å². The molecule has 0 N–H and O–H groups in total. The summed E-state index contributed by atoms with van der Waals surface area (Å²) in [5.41, 5.74) is 0.261. The lowest BCUT2D eigenvalue weighted by molar-refractivity contribution is 0.324. The molecule has 0 saturated heterocycles. The second-order valence-corrected chi connectivity index (χ2v) is 6.86. The Morgan fingerprint density at radius 3 is 1.81 bits per heavy atom. The summed E-state index contributed by atoms with van der Waals surface area (Å²) in [7, 11) is 0. The largest absolute Gasteiger partial charge is 0.0628 e. The van der Waals surface area contributed by atoms with Gasteiger partial charge in [0.25, 0.3) is 0 Å². The minimum Gasteiger partial charge on any atom is -0.0628 e. The Labute approximate surface area is 104 Å². The number of hydrogen-bond acceptors (Lipinski definition) is 0. The average Bonchev–Trinajstić information content (AvgIpc) is 2.07. The van der Waals surface area contributed by atoms with E-state index in [9.17, 15) is 0 Å². The van der Waals surface area contributed by atoms with Crippen LogP contribution in [0.4, 0.5) is 0 Å². The third kappa shape index (κ3) is 12.1. The fourth-order valence-electron chi connectivity index (χ4n) is 2.44. The Morgan fingerprint density at radius 2 is 1.38 bits per heavy atom. The van der Waals surface area contributed by atoms with E-state index in [1.54, 1.807) is 0 Å². The third-order valence-electron chi connectivity index (χ3n) is 3.13. The van der Waals surface area contributed by atoms with Crippen LogP contribution < -0.4 is 0 Å². The molecule has 0 heteroatoms. The van der Waals surface area contributed by atoms with Crippen LogP contribution in [0.3, 0.4) is 0 Å². The van der Waals surface area contributed by atoms with Crippen molar-refractivity contribution in [2.24, 2.45) is 17.3 Å². The Hall–Kier alpha value is 0. The quantitative estimate of drug-likeness (QED) is 0.430. The third-order valence-corrected chi connectivity index (χ3v) is 3.13. The van der Waals surface area contributed by atoms with Crippen LogP contribution >= 0.6 is 0 Å². The Bertz CT molecular complexity index is 150. The highest BCUT2D eigenvalue weighted by molar-refractivity contribution is 4.73. The summed E-state index contributed by atoms with van der Waals surface area (Å²) in [5, 5.41) is 0. The topological polar surface area (TPSA) is 0 Å². The van der Waals surface area contributed by atoms with Crippen molar-refractivity contribution in [2.75, 3.05) is 0 Å². The van der Waals surface area contributed by atoms with E-state index >= 15 is 0 Å². The lowest BCUT2D eigenvalue weighted by atomic mass is 9.83. The summed E-state index contributed by atoms with van der Waals surface area (Å²) in [5.74, 6) is 1.73. The van der Waals surface area contributed by atoms with E-state index in [1.165, 1.54) is 44.9 Å². The molecule has 0 heterocycles. The number of rotatable bonds is 9. The first kappa shape index (κ1) is 16.0. The molecular weight excluding hydrogens is 192 g/mol. The van der Waals surface area contributed by atoms with Gasteiger partial charge in [-0.3, -0.25) is 0 Å². The van der Waals surface area contributed by atoms with Gasteiger partial charge in [-0.25, -0.2) is 0 Å². The van der Waals surface area contributed by atoms with Gasteiger partial charge in [-0.2, -0.15) is 0 Å². The van der Waals surface area contributed by atoms with Crippen LogP contribution in [0, 0.1) is 24.2 Å². The molecule has 1 atom stereocenters. The fourth-order valence-corrected chi connectivity index (χ4v) is 2.44. The van der Waals surface area contributed by atoms with E-state index in [-0.39, 0.29) is 5.41 Å². The molecule has 0 saturated carbocycles. The Kier molecular flexibility index (Phi) is 8.14. The fraction of sp³-hybridized carbons (Fsp3) is 0.938. The zero-order chi connectivity index (χ0) is 12.6. The van der Waals surface area contributed by atoms with Crippen LogP contribution in [0.1, 0.15) is 79.6 Å². The molecule has 0 aliphatic rings. The Balaban J connectivity index is 3.31. The first-order chi connectivity index (χ1) is 7.31. The van der Waals surface area contributed by atoms with E-state index in [1.807, 2.05) is 0 Å². The molecule has 0 nitrogen and oxygen atoms in total. The van der Waals surface area contributed by atoms with Crippen molar-refractivity contribution in [2.45, 2.75) is 79.6 Å². The maximum absolute atomic E-state index is 4.19. The molecule has 0 amide bonds. The van der Waals surface area contributed by atoms with Gasteiger partial charge in [0.2, 0.25) is 0 Å². The standard InChI is InChI=1S/C16H33/c1-14(2)11-9-7-8-10-12-15(3)13-16(4,5)6/h14-15H,4,7-13H2,1-3,5-6H3. The summed E-state index contributed by atoms with van der Waals surface area (Å²) < 4.78 is 0. The van der Waals surface area contributed by atoms with Crippen molar-refractivity contribution in [3.63, 3.8) is 0 Å². The highest BCUT2D eigenvalue weighted by atomic mass is 14.2. The molecular formula is C16H33. The molecule has 1 radical (unpaired) electrons. The van der Waals surface area contributed by atoms with Crippen LogP contribution in [0.2, 0.25) is 0 Å². The second kappa shape index (κ2) is 8.14. The van der Waals surface area contributed by atoms with Crippen LogP contribution in [0.5, 0.6) is 0 Å². The van der Waals surface area contributed by atoms with Gasteiger partial charge >= 0.3 is 0 Å². The van der Waals surface area contributed by atoms with Gasteiger partial charge < -0.3 is 0 Å². The molecule has 0 aliphatic heterocycles. The molecule has 0 aliphatic carbocycles. The molecule has 16 heavy (non-hydrogen) atoms. The van der Waals surface area contributed by atoms with Gasteiger partial charge in [0.05, 0.1) is 0 Å². The Morgan fingerprint density at radius 1 is 0.875 bits per heavy atom. The molecule has 0 aromatic heterocycles. The van der Waals surface area contributed by atoms with E-state index in [4.69, 9.17) is 0 Å². The van der Waals surface area contributed by atoms with Crippen LogP contribution in [0.15, 0.2) is 0 Å². The van der Waals surface area contributed by atoms with E-state index in [0.717, 1.165) is 11.8 Å². The van der Waals surface area contributed by atoms with Crippen LogP contribution in [-0.2, 0) is 0 Å². The first-order valence-corrected chi connectivity index (χ1v) is 7.16. The van der Waals surface area contributed by atoms with Crippen molar-refractivity contribution in [3.8, 4) is 0 Å². The van der Waals surface area contributed by atoms with Crippen molar-refractivity contribution in [1.82, 2.24) is 0 Å². The highest BCUT2D eigenvalue weighted by Gasteiger charge is 2.14. The molecule has 0 aromatic carbocycles. The second-order valence-electron chi connectivity index (χ2n) is 6.86. The van der Waals surface area contributed by atoms with E-state index in [0.29, 0.717) is 0 Å². The smallest absolute Gasteiger partial charge is 0.0351 e. The van der Waals surface area contributed by atoms with Gasteiger partial charge in [-0.05, 0) is 30.6 Å². The van der Waals surface area contributed by atoms with E-state index in [2.05, 4.69) is 41.5 Å². The van der Waals surface area contributed by atoms with E-state index < -0.39 is 0 Å². The maximum atomic E-state index is 4.19. The zero-order valence-corrected chi connectivity index (χ0v) is 12.3. The molecule has 97 valence electrons. The number of unbranched alkanes of at least 4 members (excludes halogenated alkanes) is 3. The van der Waals surface area contributed by atoms with Gasteiger partial charge in [0, 0.05) is 0 Å².